The molecule has 0 radical (unpaired) electrons. The summed E-state index contributed by atoms with van der Waals surface area (Å²) in [5.74, 6) is 4.25. The van der Waals surface area contributed by atoms with E-state index in [0.29, 0.717) is 17.7 Å². The zero-order valence-corrected chi connectivity index (χ0v) is 13.4. The van der Waals surface area contributed by atoms with Gasteiger partial charge in [0.05, 0.1) is 11.1 Å². The van der Waals surface area contributed by atoms with Gasteiger partial charge in [0.25, 0.3) is 11.8 Å². The molecule has 0 saturated heterocycles. The first-order valence-electron chi connectivity index (χ1n) is 9.16. The van der Waals surface area contributed by atoms with E-state index in [1.807, 2.05) is 12.1 Å². The van der Waals surface area contributed by atoms with Gasteiger partial charge in [-0.15, -0.1) is 0 Å². The maximum absolute atomic E-state index is 12.5. The van der Waals surface area contributed by atoms with Crippen LogP contribution >= 0.6 is 0 Å². The molecular weight excluding hydrogens is 286 g/mol. The zero-order chi connectivity index (χ0) is 15.6. The molecule has 6 rings (SSSR count). The molecule has 23 heavy (non-hydrogen) atoms. The van der Waals surface area contributed by atoms with Crippen molar-refractivity contribution in [2.45, 2.75) is 38.5 Å². The Kier molecular flexibility index (Phi) is 2.95. The van der Waals surface area contributed by atoms with Crippen molar-refractivity contribution in [1.82, 2.24) is 4.90 Å². The molecule has 3 nitrogen and oxygen atoms in total. The van der Waals surface area contributed by atoms with Gasteiger partial charge in [-0.2, -0.15) is 0 Å². The molecule has 0 spiro atoms. The predicted molar refractivity (Wildman–Crippen MR) is 87.0 cm³/mol. The third-order valence-electron chi connectivity index (χ3n) is 6.99. The molecule has 5 aliphatic rings. The van der Waals surface area contributed by atoms with Crippen LogP contribution < -0.4 is 0 Å². The summed E-state index contributed by atoms with van der Waals surface area (Å²) in [4.78, 5) is 26.5. The molecule has 2 amide bonds. The number of hydrogen-bond donors (Lipinski definition) is 0. The number of nitrogens with zero attached hydrogens (tertiary/aromatic N) is 1. The molecule has 0 N–H and O–H groups in total. The van der Waals surface area contributed by atoms with Crippen molar-refractivity contribution in [3.8, 4) is 0 Å². The molecule has 4 bridgehead atoms. The van der Waals surface area contributed by atoms with Gasteiger partial charge in [-0.3, -0.25) is 14.5 Å². The van der Waals surface area contributed by atoms with E-state index in [-0.39, 0.29) is 11.8 Å². The van der Waals surface area contributed by atoms with Gasteiger partial charge in [0.15, 0.2) is 0 Å². The normalized spacial score (nSPS) is 37.6. The Hall–Kier alpha value is -1.64. The summed E-state index contributed by atoms with van der Waals surface area (Å²) in [5, 5.41) is 0. The highest BCUT2D eigenvalue weighted by Crippen LogP contribution is 2.57. The van der Waals surface area contributed by atoms with E-state index in [2.05, 4.69) is 0 Å². The molecule has 4 fully saturated rings. The largest absolute Gasteiger partial charge is 0.274 e. The van der Waals surface area contributed by atoms with Crippen LogP contribution in [-0.2, 0) is 0 Å². The molecule has 1 aromatic rings. The number of benzene rings is 1. The van der Waals surface area contributed by atoms with Crippen LogP contribution in [0.25, 0.3) is 0 Å². The second kappa shape index (κ2) is 4.93. The van der Waals surface area contributed by atoms with Gasteiger partial charge in [-0.05, 0) is 80.2 Å². The maximum atomic E-state index is 12.5. The summed E-state index contributed by atoms with van der Waals surface area (Å²) in [6.07, 6.45) is 8.09. The topological polar surface area (TPSA) is 37.4 Å². The highest BCUT2D eigenvalue weighted by atomic mass is 16.2. The Balaban J connectivity index is 1.31. The van der Waals surface area contributed by atoms with Crippen LogP contribution in [0.2, 0.25) is 0 Å². The fourth-order valence-corrected chi connectivity index (χ4v) is 6.23. The Labute approximate surface area is 137 Å². The van der Waals surface area contributed by atoms with Crippen molar-refractivity contribution in [2.24, 2.45) is 29.6 Å². The van der Waals surface area contributed by atoms with E-state index in [1.54, 1.807) is 12.1 Å². The lowest BCUT2D eigenvalue weighted by Crippen LogP contribution is -2.46. The first-order chi connectivity index (χ1) is 11.2. The van der Waals surface area contributed by atoms with Crippen LogP contribution in [0, 0.1) is 29.6 Å². The van der Waals surface area contributed by atoms with Crippen LogP contribution in [0.5, 0.6) is 0 Å². The SMILES string of the molecule is O=C1c2ccccc2C(=O)N1CCC1C2CC3CC(C2)CC1C3. The summed E-state index contributed by atoms with van der Waals surface area (Å²) < 4.78 is 0. The third-order valence-corrected chi connectivity index (χ3v) is 6.99. The quantitative estimate of drug-likeness (QED) is 0.798. The van der Waals surface area contributed by atoms with Crippen molar-refractivity contribution < 1.29 is 9.59 Å². The lowest BCUT2D eigenvalue weighted by Gasteiger charge is -2.54. The first kappa shape index (κ1) is 13.8. The van der Waals surface area contributed by atoms with Crippen LogP contribution in [0.4, 0.5) is 0 Å². The smallest absolute Gasteiger partial charge is 0.261 e. The predicted octanol–water partition coefficient (Wildman–Crippen LogP) is 3.75. The molecule has 0 aromatic heterocycles. The summed E-state index contributed by atoms with van der Waals surface area (Å²) in [6, 6.07) is 7.23. The monoisotopic (exact) mass is 309 g/mol. The van der Waals surface area contributed by atoms with Crippen LogP contribution in [0.3, 0.4) is 0 Å². The van der Waals surface area contributed by atoms with E-state index in [9.17, 15) is 9.59 Å². The molecule has 3 heteroatoms. The Morgan fingerprint density at radius 3 is 1.87 bits per heavy atom. The highest BCUT2D eigenvalue weighted by Gasteiger charge is 2.48. The maximum Gasteiger partial charge on any atom is 0.261 e. The van der Waals surface area contributed by atoms with Crippen molar-refractivity contribution >= 4 is 11.8 Å². The summed E-state index contributed by atoms with van der Waals surface area (Å²) >= 11 is 0. The molecular formula is C20H23NO2. The number of carbonyl (C=O) groups is 2. The van der Waals surface area contributed by atoms with Gasteiger partial charge < -0.3 is 0 Å². The minimum absolute atomic E-state index is 0.0885. The first-order valence-corrected chi connectivity index (χ1v) is 9.16. The van der Waals surface area contributed by atoms with E-state index < -0.39 is 0 Å². The van der Waals surface area contributed by atoms with Crippen LogP contribution in [-0.4, -0.2) is 23.3 Å². The highest BCUT2D eigenvalue weighted by molar-refractivity contribution is 6.21. The average molecular weight is 309 g/mol. The van der Waals surface area contributed by atoms with Crippen LogP contribution in [0.15, 0.2) is 24.3 Å². The van der Waals surface area contributed by atoms with E-state index in [4.69, 9.17) is 0 Å². The van der Waals surface area contributed by atoms with E-state index in [1.165, 1.54) is 37.0 Å². The second-order valence-corrected chi connectivity index (χ2v) is 8.19. The summed E-state index contributed by atoms with van der Waals surface area (Å²) in [7, 11) is 0. The summed E-state index contributed by atoms with van der Waals surface area (Å²) in [5.41, 5.74) is 1.17. The van der Waals surface area contributed by atoms with Gasteiger partial charge >= 0.3 is 0 Å². The zero-order valence-electron chi connectivity index (χ0n) is 13.4. The molecule has 1 aliphatic heterocycles. The van der Waals surface area contributed by atoms with Crippen molar-refractivity contribution in [3.05, 3.63) is 35.4 Å². The minimum Gasteiger partial charge on any atom is -0.274 e. The Bertz CT molecular complexity index is 617. The lowest BCUT2D eigenvalue weighted by molar-refractivity contribution is -0.0413. The number of amides is 2. The fraction of sp³-hybridized carbons (Fsp3) is 0.600. The minimum atomic E-state index is -0.0885. The number of rotatable bonds is 3. The Morgan fingerprint density at radius 2 is 1.35 bits per heavy atom. The molecule has 0 atom stereocenters. The van der Waals surface area contributed by atoms with Crippen molar-refractivity contribution in [2.75, 3.05) is 6.54 Å². The average Bonchev–Trinajstić information content (AvgIpc) is 2.79. The van der Waals surface area contributed by atoms with Crippen molar-refractivity contribution in [3.63, 3.8) is 0 Å². The number of imide groups is 1. The number of carbonyl (C=O) groups excluding carboxylic acids is 2. The summed E-state index contributed by atoms with van der Waals surface area (Å²) in [6.45, 7) is 0.610. The fourth-order valence-electron chi connectivity index (χ4n) is 6.23. The van der Waals surface area contributed by atoms with Crippen LogP contribution in [0.1, 0.15) is 59.2 Å². The van der Waals surface area contributed by atoms with Gasteiger partial charge in [-0.25, -0.2) is 0 Å². The molecule has 1 heterocycles. The second-order valence-electron chi connectivity index (χ2n) is 8.19. The number of hydrogen-bond acceptors (Lipinski definition) is 2. The van der Waals surface area contributed by atoms with E-state index in [0.717, 1.165) is 36.0 Å². The standard InChI is InChI=1S/C20H23NO2/c22-19-17-3-1-2-4-18(17)20(23)21(19)6-5-16-14-8-12-7-13(10-14)11-15(16)9-12/h1-4,12-16H,5-11H2. The third kappa shape index (κ3) is 2.02. The van der Waals surface area contributed by atoms with Gasteiger partial charge in [0.1, 0.15) is 0 Å². The van der Waals surface area contributed by atoms with Gasteiger partial charge in [0, 0.05) is 6.54 Å². The number of fused-ring (bicyclic) bond motifs is 1. The van der Waals surface area contributed by atoms with Crippen molar-refractivity contribution in [1.29, 1.82) is 0 Å². The molecule has 0 unspecified atom stereocenters. The molecule has 4 saturated carbocycles. The van der Waals surface area contributed by atoms with Gasteiger partial charge in [0.2, 0.25) is 0 Å². The molecule has 120 valence electrons. The van der Waals surface area contributed by atoms with E-state index >= 15 is 0 Å². The van der Waals surface area contributed by atoms with Gasteiger partial charge in [-0.1, -0.05) is 12.1 Å². The molecule has 1 aromatic carbocycles. The molecule has 4 aliphatic carbocycles. The Morgan fingerprint density at radius 1 is 0.826 bits per heavy atom. The lowest BCUT2D eigenvalue weighted by atomic mass is 9.51.